The van der Waals surface area contributed by atoms with Gasteiger partial charge in [-0.15, -0.1) is 0 Å². The van der Waals surface area contributed by atoms with Gasteiger partial charge in [-0.05, 0) is 29.3 Å². The molecule has 0 N–H and O–H groups in total. The van der Waals surface area contributed by atoms with Crippen molar-refractivity contribution in [3.05, 3.63) is 59.4 Å². The van der Waals surface area contributed by atoms with E-state index in [1.807, 2.05) is 0 Å². The lowest BCUT2D eigenvalue weighted by Crippen LogP contribution is -2.17. The Labute approximate surface area is 125 Å². The molecule has 1 atom stereocenters. The van der Waals surface area contributed by atoms with Crippen molar-refractivity contribution in [1.29, 1.82) is 0 Å². The van der Waals surface area contributed by atoms with Crippen LogP contribution >= 0.6 is 0 Å². The van der Waals surface area contributed by atoms with Crippen LogP contribution in [0.25, 0.3) is 11.1 Å². The van der Waals surface area contributed by atoms with E-state index in [1.165, 1.54) is 32.4 Å². The van der Waals surface area contributed by atoms with Crippen molar-refractivity contribution < 1.29 is 27.4 Å². The molecule has 0 saturated heterocycles. The normalized spacial score (nSPS) is 12.0. The van der Waals surface area contributed by atoms with Gasteiger partial charge in [-0.25, -0.2) is 18.0 Å². The molecule has 0 aliphatic heterocycles. The predicted octanol–water partition coefficient (Wildman–Crippen LogP) is 3.63. The molecular weight excluding hydrogens is 297 g/mol. The fourth-order valence-electron chi connectivity index (χ4n) is 2.05. The third-order valence-corrected chi connectivity index (χ3v) is 3.19. The molecule has 2 aromatic rings. The molecule has 3 nitrogen and oxygen atoms in total. The second kappa shape index (κ2) is 6.62. The molecular formula is C16H13F3O3. The lowest BCUT2D eigenvalue weighted by molar-refractivity contribution is -0.152. The van der Waals surface area contributed by atoms with E-state index in [0.29, 0.717) is 11.1 Å². The maximum absolute atomic E-state index is 14.2. The first-order chi connectivity index (χ1) is 10.5. The number of methoxy groups -OCH3 is 2. The van der Waals surface area contributed by atoms with Gasteiger partial charge >= 0.3 is 5.97 Å². The topological polar surface area (TPSA) is 35.5 Å². The van der Waals surface area contributed by atoms with Gasteiger partial charge in [0.25, 0.3) is 0 Å². The van der Waals surface area contributed by atoms with Gasteiger partial charge in [0.15, 0.2) is 17.7 Å². The Kier molecular flexibility index (Phi) is 4.82. The fourth-order valence-corrected chi connectivity index (χ4v) is 2.05. The van der Waals surface area contributed by atoms with Crippen LogP contribution in [0.3, 0.4) is 0 Å². The van der Waals surface area contributed by atoms with Gasteiger partial charge in [0.2, 0.25) is 0 Å². The molecule has 0 heterocycles. The maximum Gasteiger partial charge on any atom is 0.339 e. The second-order valence-corrected chi connectivity index (χ2v) is 4.50. The summed E-state index contributed by atoms with van der Waals surface area (Å²) in [5.74, 6) is -3.45. The molecule has 116 valence electrons. The van der Waals surface area contributed by atoms with Crippen LogP contribution in [0.4, 0.5) is 13.2 Å². The standard InChI is InChI=1S/C16H13F3O3/c1-21-15(16(20)22-2)11-5-3-9(7-13(11)18)10-4-6-12(17)14(19)8-10/h3-8,15H,1-2H3. The Morgan fingerprint density at radius 3 is 2.00 bits per heavy atom. The summed E-state index contributed by atoms with van der Waals surface area (Å²) in [7, 11) is 2.42. The van der Waals surface area contributed by atoms with Crippen molar-refractivity contribution >= 4 is 5.97 Å². The average molecular weight is 310 g/mol. The van der Waals surface area contributed by atoms with Gasteiger partial charge in [0, 0.05) is 12.7 Å². The van der Waals surface area contributed by atoms with Crippen LogP contribution in [-0.4, -0.2) is 20.2 Å². The highest BCUT2D eigenvalue weighted by atomic mass is 19.2. The SMILES string of the molecule is COC(=O)C(OC)c1ccc(-c2ccc(F)c(F)c2)cc1F. The Balaban J connectivity index is 2.40. The summed E-state index contributed by atoms with van der Waals surface area (Å²) >= 11 is 0. The Hall–Kier alpha value is -2.34. The molecule has 0 radical (unpaired) electrons. The summed E-state index contributed by atoms with van der Waals surface area (Å²) in [4.78, 5) is 11.5. The third-order valence-electron chi connectivity index (χ3n) is 3.19. The number of ether oxygens (including phenoxy) is 2. The Bertz CT molecular complexity index is 701. The quantitative estimate of drug-likeness (QED) is 0.809. The maximum atomic E-state index is 14.2. The highest BCUT2D eigenvalue weighted by molar-refractivity contribution is 5.77. The zero-order valence-corrected chi connectivity index (χ0v) is 11.9. The molecule has 0 fully saturated rings. The van der Waals surface area contributed by atoms with Crippen molar-refractivity contribution in [2.45, 2.75) is 6.10 Å². The minimum absolute atomic E-state index is 0.000633. The first-order valence-electron chi connectivity index (χ1n) is 6.33. The molecule has 2 rings (SSSR count). The van der Waals surface area contributed by atoms with E-state index < -0.39 is 29.5 Å². The van der Waals surface area contributed by atoms with E-state index in [9.17, 15) is 18.0 Å². The number of esters is 1. The van der Waals surface area contributed by atoms with Gasteiger partial charge in [0.05, 0.1) is 7.11 Å². The molecule has 0 aromatic heterocycles. The van der Waals surface area contributed by atoms with Gasteiger partial charge in [0.1, 0.15) is 5.82 Å². The van der Waals surface area contributed by atoms with Gasteiger partial charge in [-0.3, -0.25) is 0 Å². The molecule has 0 aliphatic carbocycles. The minimum atomic E-state index is -1.19. The highest BCUT2D eigenvalue weighted by Gasteiger charge is 2.24. The number of benzene rings is 2. The summed E-state index contributed by atoms with van der Waals surface area (Å²) in [6.07, 6.45) is -1.19. The molecule has 0 saturated carbocycles. The molecule has 1 unspecified atom stereocenters. The molecule has 6 heteroatoms. The summed E-state index contributed by atoms with van der Waals surface area (Å²) in [6, 6.07) is 7.22. The highest BCUT2D eigenvalue weighted by Crippen LogP contribution is 2.27. The lowest BCUT2D eigenvalue weighted by Gasteiger charge is -2.14. The van der Waals surface area contributed by atoms with Crippen LogP contribution in [0.2, 0.25) is 0 Å². The Morgan fingerprint density at radius 1 is 0.909 bits per heavy atom. The molecule has 2 aromatic carbocycles. The molecule has 0 amide bonds. The van der Waals surface area contributed by atoms with Crippen LogP contribution in [0.15, 0.2) is 36.4 Å². The van der Waals surface area contributed by atoms with Crippen LogP contribution in [0, 0.1) is 17.5 Å². The number of hydrogen-bond acceptors (Lipinski definition) is 3. The number of rotatable bonds is 4. The number of carbonyl (C=O) groups is 1. The third kappa shape index (κ3) is 3.12. The van der Waals surface area contributed by atoms with Crippen molar-refractivity contribution in [2.75, 3.05) is 14.2 Å². The van der Waals surface area contributed by atoms with Gasteiger partial charge < -0.3 is 9.47 Å². The van der Waals surface area contributed by atoms with Crippen LogP contribution in [0.5, 0.6) is 0 Å². The summed E-state index contributed by atoms with van der Waals surface area (Å²) in [5.41, 5.74) is 0.664. The molecule has 22 heavy (non-hydrogen) atoms. The zero-order valence-electron chi connectivity index (χ0n) is 11.9. The van der Waals surface area contributed by atoms with Crippen LogP contribution in [0.1, 0.15) is 11.7 Å². The summed E-state index contributed by atoms with van der Waals surface area (Å²) in [5, 5.41) is 0. The Morgan fingerprint density at radius 2 is 1.50 bits per heavy atom. The van der Waals surface area contributed by atoms with Crippen molar-refractivity contribution in [3.63, 3.8) is 0 Å². The van der Waals surface area contributed by atoms with Crippen molar-refractivity contribution in [3.8, 4) is 11.1 Å². The molecule has 0 bridgehead atoms. The number of carbonyl (C=O) groups excluding carboxylic acids is 1. The monoisotopic (exact) mass is 310 g/mol. The number of halogens is 3. The largest absolute Gasteiger partial charge is 0.467 e. The molecule has 0 spiro atoms. The van der Waals surface area contributed by atoms with Gasteiger partial charge in [-0.2, -0.15) is 0 Å². The minimum Gasteiger partial charge on any atom is -0.467 e. The van der Waals surface area contributed by atoms with E-state index >= 15 is 0 Å². The molecule has 0 aliphatic rings. The van der Waals surface area contributed by atoms with Crippen LogP contribution < -0.4 is 0 Å². The van der Waals surface area contributed by atoms with Crippen molar-refractivity contribution in [1.82, 2.24) is 0 Å². The van der Waals surface area contributed by atoms with E-state index in [-0.39, 0.29) is 5.56 Å². The number of hydrogen-bond donors (Lipinski definition) is 0. The van der Waals surface area contributed by atoms with E-state index in [4.69, 9.17) is 4.74 Å². The van der Waals surface area contributed by atoms with Crippen molar-refractivity contribution in [2.24, 2.45) is 0 Å². The smallest absolute Gasteiger partial charge is 0.339 e. The second-order valence-electron chi connectivity index (χ2n) is 4.50. The summed E-state index contributed by atoms with van der Waals surface area (Å²) in [6.45, 7) is 0. The van der Waals surface area contributed by atoms with Gasteiger partial charge in [-0.1, -0.05) is 18.2 Å². The first-order valence-corrected chi connectivity index (χ1v) is 6.33. The van der Waals surface area contributed by atoms with Crippen LogP contribution in [-0.2, 0) is 14.3 Å². The lowest BCUT2D eigenvalue weighted by atomic mass is 10.0. The summed E-state index contributed by atoms with van der Waals surface area (Å²) < 4.78 is 49.8. The zero-order chi connectivity index (χ0) is 16.3. The predicted molar refractivity (Wildman–Crippen MR) is 73.5 cm³/mol. The average Bonchev–Trinajstić information content (AvgIpc) is 2.51. The van der Waals surface area contributed by atoms with E-state index in [2.05, 4.69) is 4.74 Å². The van der Waals surface area contributed by atoms with E-state index in [0.717, 1.165) is 18.2 Å². The van der Waals surface area contributed by atoms with E-state index in [1.54, 1.807) is 0 Å². The fraction of sp³-hybridized carbons (Fsp3) is 0.188. The first kappa shape index (κ1) is 16.0.